The molecule has 1 aliphatic rings. The molecule has 1 amide bonds. The van der Waals surface area contributed by atoms with Gasteiger partial charge in [0.15, 0.2) is 6.29 Å². The van der Waals surface area contributed by atoms with Gasteiger partial charge in [0.1, 0.15) is 5.75 Å². The molecule has 8 nitrogen and oxygen atoms in total. The molecule has 1 aromatic carbocycles. The smallest absolute Gasteiger partial charge is 0.255 e. The Kier molecular flexibility index (Phi) is 10.6. The van der Waals surface area contributed by atoms with Crippen LogP contribution in [0.15, 0.2) is 12.1 Å². The second-order valence-electron chi connectivity index (χ2n) is 10.5. The van der Waals surface area contributed by atoms with Crippen molar-refractivity contribution in [2.45, 2.75) is 84.3 Å². The first kappa shape index (κ1) is 28.4. The van der Waals surface area contributed by atoms with Crippen LogP contribution in [0.1, 0.15) is 69.3 Å². The number of rotatable bonds is 11. The molecule has 2 rings (SSSR count). The van der Waals surface area contributed by atoms with Crippen molar-refractivity contribution in [1.29, 1.82) is 0 Å². The van der Waals surface area contributed by atoms with Crippen LogP contribution in [0.5, 0.6) is 5.75 Å². The van der Waals surface area contributed by atoms with E-state index < -0.39 is 6.29 Å². The molecule has 0 saturated carbocycles. The van der Waals surface area contributed by atoms with Crippen molar-refractivity contribution in [3.63, 3.8) is 0 Å². The van der Waals surface area contributed by atoms with E-state index in [-0.39, 0.29) is 23.7 Å². The number of likely N-dealkylation sites (tertiary alicyclic amines) is 1. The summed E-state index contributed by atoms with van der Waals surface area (Å²) in [6.07, 6.45) is 2.70. The van der Waals surface area contributed by atoms with Gasteiger partial charge in [-0.05, 0) is 71.0 Å². The molecule has 0 aliphatic carbocycles. The Morgan fingerprint density at radius 2 is 2.03 bits per heavy atom. The summed E-state index contributed by atoms with van der Waals surface area (Å²) in [4.78, 5) is 15.4. The van der Waals surface area contributed by atoms with Gasteiger partial charge in [-0.1, -0.05) is 6.92 Å². The molecule has 4 atom stereocenters. The van der Waals surface area contributed by atoms with Crippen molar-refractivity contribution in [3.05, 3.63) is 23.3 Å². The zero-order valence-electron chi connectivity index (χ0n) is 22.0. The van der Waals surface area contributed by atoms with Crippen molar-refractivity contribution in [2.24, 2.45) is 5.92 Å². The third-order valence-electron chi connectivity index (χ3n) is 6.36. The number of nitrogens with one attached hydrogen (secondary N) is 1. The molecule has 34 heavy (non-hydrogen) atoms. The highest BCUT2D eigenvalue weighted by atomic mass is 16.6. The first-order valence-electron chi connectivity index (χ1n) is 12.3. The summed E-state index contributed by atoms with van der Waals surface area (Å²) < 4.78 is 16.7. The predicted octanol–water partition coefficient (Wildman–Crippen LogP) is 3.34. The number of benzene rings is 1. The van der Waals surface area contributed by atoms with Crippen LogP contribution >= 0.6 is 0 Å². The molecule has 0 aromatic heterocycles. The molecule has 1 aliphatic heterocycles. The maximum Gasteiger partial charge on any atom is 0.255 e. The molecule has 1 fully saturated rings. The summed E-state index contributed by atoms with van der Waals surface area (Å²) in [5, 5.41) is 13.3. The Bertz CT molecular complexity index is 795. The minimum Gasteiger partial charge on any atom is -0.496 e. The third kappa shape index (κ3) is 8.73. The Morgan fingerprint density at radius 1 is 1.32 bits per heavy atom. The molecule has 194 valence electrons. The number of aliphatic hydroxyl groups excluding tert-OH is 1. The fourth-order valence-electron chi connectivity index (χ4n) is 4.47. The van der Waals surface area contributed by atoms with E-state index in [0.717, 1.165) is 44.5 Å². The maximum absolute atomic E-state index is 13.0. The molecule has 0 spiro atoms. The highest BCUT2D eigenvalue weighted by molar-refractivity contribution is 5.98. The van der Waals surface area contributed by atoms with E-state index in [1.165, 1.54) is 7.11 Å². The molecule has 0 bridgehead atoms. The molecule has 2 unspecified atom stereocenters. The van der Waals surface area contributed by atoms with Gasteiger partial charge in [-0.25, -0.2) is 0 Å². The number of piperidine rings is 1. The quantitative estimate of drug-likeness (QED) is 0.330. The first-order valence-corrected chi connectivity index (χ1v) is 12.3. The summed E-state index contributed by atoms with van der Waals surface area (Å²) in [5.74, 6) is 0.676. The predicted molar refractivity (Wildman–Crippen MR) is 135 cm³/mol. The van der Waals surface area contributed by atoms with E-state index >= 15 is 0 Å². The van der Waals surface area contributed by atoms with Gasteiger partial charge in [-0.3, -0.25) is 4.79 Å². The minimum atomic E-state index is -0.726. The number of nitrogens with two attached hydrogens (primary N) is 1. The second-order valence-corrected chi connectivity index (χ2v) is 10.5. The number of ether oxygens (including phenoxy) is 3. The van der Waals surface area contributed by atoms with Gasteiger partial charge >= 0.3 is 0 Å². The summed E-state index contributed by atoms with van der Waals surface area (Å²) in [6, 6.07) is 3.39. The minimum absolute atomic E-state index is 0.0695. The molecule has 4 N–H and O–H groups in total. The summed E-state index contributed by atoms with van der Waals surface area (Å²) in [6.45, 7) is 12.5. The first-order chi connectivity index (χ1) is 15.9. The van der Waals surface area contributed by atoms with Gasteiger partial charge in [-0.15, -0.1) is 0 Å². The highest BCUT2D eigenvalue weighted by Crippen LogP contribution is 2.26. The van der Waals surface area contributed by atoms with E-state index in [2.05, 4.69) is 17.1 Å². The van der Waals surface area contributed by atoms with Crippen molar-refractivity contribution in [1.82, 2.24) is 10.2 Å². The molecule has 0 radical (unpaired) electrons. The molecular weight excluding hydrogens is 434 g/mol. The van der Waals surface area contributed by atoms with Crippen LogP contribution in [-0.4, -0.2) is 73.8 Å². The number of anilines is 1. The number of aryl methyl sites for hydroxylation is 1. The lowest BCUT2D eigenvalue weighted by atomic mass is 9.98. The Balaban J connectivity index is 1.83. The zero-order valence-corrected chi connectivity index (χ0v) is 22.0. The Labute approximate surface area is 205 Å². The van der Waals surface area contributed by atoms with Gasteiger partial charge < -0.3 is 35.3 Å². The number of amides is 1. The average Bonchev–Trinajstić information content (AvgIpc) is 2.74. The van der Waals surface area contributed by atoms with Crippen LogP contribution in [0, 0.1) is 12.8 Å². The van der Waals surface area contributed by atoms with E-state index in [0.29, 0.717) is 29.3 Å². The third-order valence-corrected chi connectivity index (χ3v) is 6.36. The van der Waals surface area contributed by atoms with Crippen LogP contribution in [0.3, 0.4) is 0 Å². The van der Waals surface area contributed by atoms with Crippen molar-refractivity contribution in [2.75, 3.05) is 39.6 Å². The van der Waals surface area contributed by atoms with Gasteiger partial charge in [0.05, 0.1) is 30.4 Å². The molecular formula is C26H45N3O5. The Morgan fingerprint density at radius 3 is 2.65 bits per heavy atom. The maximum atomic E-state index is 13.0. The largest absolute Gasteiger partial charge is 0.496 e. The average molecular weight is 480 g/mol. The van der Waals surface area contributed by atoms with Gasteiger partial charge in [0.25, 0.3) is 5.91 Å². The number of carbonyl (C=O) groups excluding carboxylic acids is 1. The van der Waals surface area contributed by atoms with E-state index in [9.17, 15) is 9.90 Å². The SMILES string of the molecule is COc1cc(N)c(C)cc1C(=O)N[C@@H]1CCN(CCCC(C)CC(O)OC(C)(C)C)C[C@@H]1OC. The summed E-state index contributed by atoms with van der Waals surface area (Å²) in [5.41, 5.74) is 7.54. The van der Waals surface area contributed by atoms with Crippen molar-refractivity contribution >= 4 is 11.6 Å². The normalized spacial score (nSPS) is 21.2. The van der Waals surface area contributed by atoms with E-state index in [1.807, 2.05) is 27.7 Å². The highest BCUT2D eigenvalue weighted by Gasteiger charge is 2.31. The number of methoxy groups -OCH3 is 2. The molecule has 1 aromatic rings. The lowest BCUT2D eigenvalue weighted by Crippen LogP contribution is -2.54. The second kappa shape index (κ2) is 12.7. The van der Waals surface area contributed by atoms with Gasteiger partial charge in [0.2, 0.25) is 0 Å². The fraction of sp³-hybridized carbons (Fsp3) is 0.731. The van der Waals surface area contributed by atoms with Crippen LogP contribution < -0.4 is 15.8 Å². The van der Waals surface area contributed by atoms with Gasteiger partial charge in [-0.2, -0.15) is 0 Å². The number of hydrogen-bond donors (Lipinski definition) is 3. The number of carbonyl (C=O) groups is 1. The summed E-state index contributed by atoms with van der Waals surface area (Å²) in [7, 11) is 3.23. The van der Waals surface area contributed by atoms with Gasteiger partial charge in [0, 0.05) is 38.4 Å². The van der Waals surface area contributed by atoms with E-state index in [1.54, 1.807) is 19.2 Å². The molecule has 1 heterocycles. The molecule has 8 heteroatoms. The van der Waals surface area contributed by atoms with Crippen LogP contribution in [-0.2, 0) is 9.47 Å². The number of nitrogen functional groups attached to an aromatic ring is 1. The lowest BCUT2D eigenvalue weighted by Gasteiger charge is -2.38. The number of nitrogens with zero attached hydrogens (tertiary/aromatic N) is 1. The van der Waals surface area contributed by atoms with Crippen LogP contribution in [0.25, 0.3) is 0 Å². The lowest BCUT2D eigenvalue weighted by molar-refractivity contribution is -0.173. The Hall–Kier alpha value is -1.87. The monoisotopic (exact) mass is 479 g/mol. The molecule has 1 saturated heterocycles. The summed E-state index contributed by atoms with van der Waals surface area (Å²) >= 11 is 0. The number of hydrogen-bond acceptors (Lipinski definition) is 7. The van der Waals surface area contributed by atoms with Crippen LogP contribution in [0.2, 0.25) is 0 Å². The number of aliphatic hydroxyl groups is 1. The zero-order chi connectivity index (χ0) is 25.5. The standard InChI is InChI=1S/C26H45N3O5/c1-17(13-24(30)34-26(3,4)5)9-8-11-29-12-10-21(23(16-29)33-7)28-25(31)19-14-18(2)20(27)15-22(19)32-6/h14-15,17,21,23-24,30H,8-13,16,27H2,1-7H3,(H,28,31)/t17?,21-,23+,24?/m1/s1. The topological polar surface area (TPSA) is 106 Å². The fourth-order valence-corrected chi connectivity index (χ4v) is 4.47. The van der Waals surface area contributed by atoms with E-state index in [4.69, 9.17) is 19.9 Å². The van der Waals surface area contributed by atoms with Crippen molar-refractivity contribution in [3.8, 4) is 5.75 Å². The van der Waals surface area contributed by atoms with Crippen LogP contribution in [0.4, 0.5) is 5.69 Å². The van der Waals surface area contributed by atoms with Crippen molar-refractivity contribution < 1.29 is 24.1 Å².